The van der Waals surface area contributed by atoms with Crippen LogP contribution in [0.1, 0.15) is 59.0 Å². The van der Waals surface area contributed by atoms with E-state index >= 15 is 0 Å². The first-order chi connectivity index (χ1) is 8.77. The average molecular weight is 277 g/mol. The Bertz CT molecular complexity index is 484. The van der Waals surface area contributed by atoms with Crippen molar-refractivity contribution in [2.75, 3.05) is 0 Å². The number of aromatic nitrogens is 1. The number of nitrogens with zero attached hydrogens (tertiary/aromatic N) is 1. The lowest BCUT2D eigenvalue weighted by molar-refractivity contribution is 0.00578. The van der Waals surface area contributed by atoms with Gasteiger partial charge in [-0.1, -0.05) is 14.4 Å². The quantitative estimate of drug-likeness (QED) is 0.629. The highest BCUT2D eigenvalue weighted by Crippen LogP contribution is 2.36. The van der Waals surface area contributed by atoms with Gasteiger partial charge >= 0.3 is 7.12 Å². The van der Waals surface area contributed by atoms with Gasteiger partial charge in [0.05, 0.1) is 11.2 Å². The molecule has 0 atom stereocenters. The maximum atomic E-state index is 11.7. The van der Waals surface area contributed by atoms with Crippen LogP contribution in [-0.4, -0.2) is 29.1 Å². The lowest BCUT2D eigenvalue weighted by Gasteiger charge is -2.32. The predicted molar refractivity (Wildman–Crippen MR) is 81.3 cm³/mol. The van der Waals surface area contributed by atoms with Crippen molar-refractivity contribution in [1.82, 2.24) is 4.98 Å². The second-order valence-electron chi connectivity index (χ2n) is 5.84. The minimum absolute atomic E-state index is 0. The van der Waals surface area contributed by atoms with Gasteiger partial charge in [0.1, 0.15) is 5.69 Å². The summed E-state index contributed by atoms with van der Waals surface area (Å²) in [5.74, 6) is 0.0263. The zero-order chi connectivity index (χ0) is 14.3. The highest BCUT2D eigenvalue weighted by atomic mass is 16.7. The number of pyridine rings is 1. The Morgan fingerprint density at radius 1 is 1.25 bits per heavy atom. The molecular weight excluding hydrogens is 253 g/mol. The Labute approximate surface area is 122 Å². The second-order valence-corrected chi connectivity index (χ2v) is 5.84. The summed E-state index contributed by atoms with van der Waals surface area (Å²) in [6.45, 7) is 9.85. The van der Waals surface area contributed by atoms with Crippen molar-refractivity contribution in [2.24, 2.45) is 0 Å². The third-order valence-corrected chi connectivity index (χ3v) is 3.92. The molecule has 1 aliphatic heterocycles. The molecule has 0 bridgehead atoms. The van der Waals surface area contributed by atoms with Gasteiger partial charge in [-0.05, 0) is 45.3 Å². The van der Waals surface area contributed by atoms with Crippen molar-refractivity contribution < 1.29 is 14.1 Å². The fourth-order valence-electron chi connectivity index (χ4n) is 1.91. The van der Waals surface area contributed by atoms with Crippen LogP contribution in [0, 0.1) is 0 Å². The van der Waals surface area contributed by atoms with Gasteiger partial charge in [-0.25, -0.2) is 0 Å². The van der Waals surface area contributed by atoms with Crippen LogP contribution in [0.5, 0.6) is 0 Å². The van der Waals surface area contributed by atoms with Crippen molar-refractivity contribution in [3.8, 4) is 0 Å². The molecule has 110 valence electrons. The Morgan fingerprint density at radius 3 is 2.30 bits per heavy atom. The van der Waals surface area contributed by atoms with Crippen molar-refractivity contribution in [3.05, 3.63) is 24.0 Å². The van der Waals surface area contributed by atoms with Crippen molar-refractivity contribution in [1.29, 1.82) is 0 Å². The van der Waals surface area contributed by atoms with Gasteiger partial charge in [0.25, 0.3) is 0 Å². The minimum Gasteiger partial charge on any atom is -0.399 e. The topological polar surface area (TPSA) is 48.4 Å². The van der Waals surface area contributed by atoms with E-state index < -0.39 is 7.12 Å². The lowest BCUT2D eigenvalue weighted by atomic mass is 9.79. The standard InChI is InChI=1S/C14H20BNO3.CH4/c1-6-12(17)11-9-10(7-8-16-11)15-18-13(2,3)14(4,5)19-15;/h7-9H,6H2,1-5H3;1H4. The monoisotopic (exact) mass is 277 g/mol. The molecule has 1 fully saturated rings. The molecule has 0 spiro atoms. The molecule has 0 aliphatic carbocycles. The van der Waals surface area contributed by atoms with Crippen LogP contribution >= 0.6 is 0 Å². The molecule has 0 N–H and O–H groups in total. The Balaban J connectivity index is 0.00000200. The van der Waals surface area contributed by atoms with Crippen molar-refractivity contribution in [2.45, 2.75) is 59.7 Å². The zero-order valence-electron chi connectivity index (χ0n) is 12.2. The van der Waals surface area contributed by atoms with E-state index in [1.165, 1.54) is 0 Å². The molecule has 1 aromatic heterocycles. The molecule has 2 rings (SSSR count). The van der Waals surface area contributed by atoms with Crippen LogP contribution < -0.4 is 5.46 Å². The third-order valence-electron chi connectivity index (χ3n) is 3.92. The van der Waals surface area contributed by atoms with E-state index in [-0.39, 0.29) is 24.4 Å². The summed E-state index contributed by atoms with van der Waals surface area (Å²) < 4.78 is 11.9. The first kappa shape index (κ1) is 16.9. The van der Waals surface area contributed by atoms with Crippen molar-refractivity contribution in [3.63, 3.8) is 0 Å². The summed E-state index contributed by atoms with van der Waals surface area (Å²) in [5, 5.41) is 0. The summed E-state index contributed by atoms with van der Waals surface area (Å²) in [6.07, 6.45) is 2.07. The van der Waals surface area contributed by atoms with E-state index in [0.29, 0.717) is 12.1 Å². The number of Topliss-reactive ketones (excluding diaryl/α,β-unsaturated/α-hetero) is 1. The van der Waals surface area contributed by atoms with Crippen LogP contribution in [0.4, 0.5) is 0 Å². The predicted octanol–water partition coefficient (Wildman–Crippen LogP) is 2.61. The van der Waals surface area contributed by atoms with Crippen LogP contribution in [0.15, 0.2) is 18.3 Å². The highest BCUT2D eigenvalue weighted by Gasteiger charge is 2.51. The number of rotatable bonds is 3. The molecule has 1 aromatic rings. The van der Waals surface area contributed by atoms with Crippen LogP contribution in [0.2, 0.25) is 0 Å². The van der Waals surface area contributed by atoms with E-state index in [1.54, 1.807) is 12.3 Å². The van der Waals surface area contributed by atoms with Gasteiger partial charge < -0.3 is 9.31 Å². The van der Waals surface area contributed by atoms with E-state index in [4.69, 9.17) is 9.31 Å². The van der Waals surface area contributed by atoms with Crippen LogP contribution in [0.25, 0.3) is 0 Å². The van der Waals surface area contributed by atoms with Gasteiger partial charge in [0, 0.05) is 12.6 Å². The first-order valence-corrected chi connectivity index (χ1v) is 6.61. The summed E-state index contributed by atoms with van der Waals surface area (Å²) in [7, 11) is -0.448. The minimum atomic E-state index is -0.448. The largest absolute Gasteiger partial charge is 0.494 e. The molecule has 4 nitrogen and oxygen atoms in total. The summed E-state index contributed by atoms with van der Waals surface area (Å²) >= 11 is 0. The fraction of sp³-hybridized carbons (Fsp3) is 0.600. The smallest absolute Gasteiger partial charge is 0.399 e. The maximum absolute atomic E-state index is 11.7. The van der Waals surface area contributed by atoms with Gasteiger partial charge in [0.15, 0.2) is 5.78 Å². The molecule has 0 radical (unpaired) electrons. The Kier molecular flexibility index (Phi) is 4.77. The molecule has 0 amide bonds. The zero-order valence-corrected chi connectivity index (χ0v) is 12.2. The van der Waals surface area contributed by atoms with E-state index in [1.807, 2.05) is 40.7 Å². The number of carbonyl (C=O) groups is 1. The number of ketones is 1. The van der Waals surface area contributed by atoms with Crippen molar-refractivity contribution >= 4 is 18.4 Å². The molecule has 20 heavy (non-hydrogen) atoms. The molecule has 0 unspecified atom stereocenters. The normalized spacial score (nSPS) is 19.6. The van der Waals surface area contributed by atoms with Gasteiger partial charge in [-0.3, -0.25) is 9.78 Å². The lowest BCUT2D eigenvalue weighted by Crippen LogP contribution is -2.41. The van der Waals surface area contributed by atoms with Gasteiger partial charge in [0.2, 0.25) is 0 Å². The molecule has 0 aromatic carbocycles. The van der Waals surface area contributed by atoms with Gasteiger partial charge in [-0.15, -0.1) is 0 Å². The average Bonchev–Trinajstić information content (AvgIpc) is 2.58. The van der Waals surface area contributed by atoms with E-state index in [2.05, 4.69) is 4.98 Å². The Morgan fingerprint density at radius 2 is 1.80 bits per heavy atom. The van der Waals surface area contributed by atoms with E-state index in [9.17, 15) is 4.79 Å². The number of hydrogen-bond acceptors (Lipinski definition) is 4. The summed E-state index contributed by atoms with van der Waals surface area (Å²) in [4.78, 5) is 15.8. The summed E-state index contributed by atoms with van der Waals surface area (Å²) in [5.41, 5.74) is 0.548. The molecule has 2 heterocycles. The fourth-order valence-corrected chi connectivity index (χ4v) is 1.91. The third kappa shape index (κ3) is 2.94. The molecule has 1 saturated heterocycles. The van der Waals surface area contributed by atoms with E-state index in [0.717, 1.165) is 5.46 Å². The van der Waals surface area contributed by atoms with Crippen LogP contribution in [-0.2, 0) is 9.31 Å². The highest BCUT2D eigenvalue weighted by molar-refractivity contribution is 6.62. The second kappa shape index (κ2) is 5.66. The van der Waals surface area contributed by atoms with Gasteiger partial charge in [-0.2, -0.15) is 0 Å². The summed E-state index contributed by atoms with van der Waals surface area (Å²) in [6, 6.07) is 3.59. The molecule has 5 heteroatoms. The Hall–Kier alpha value is -1.20. The first-order valence-electron chi connectivity index (χ1n) is 6.61. The number of carbonyl (C=O) groups excluding carboxylic acids is 1. The number of hydrogen-bond donors (Lipinski definition) is 0. The molecule has 0 saturated carbocycles. The SMILES string of the molecule is C.CCC(=O)c1cc(B2OC(C)(C)C(C)(C)O2)ccn1. The maximum Gasteiger partial charge on any atom is 0.494 e. The molecular formula is C15H24BNO3. The molecule has 1 aliphatic rings. The van der Waals surface area contributed by atoms with Crippen LogP contribution in [0.3, 0.4) is 0 Å².